The summed E-state index contributed by atoms with van der Waals surface area (Å²) in [5.74, 6) is -0.0273. The van der Waals surface area contributed by atoms with Crippen molar-refractivity contribution < 1.29 is 14.3 Å². The van der Waals surface area contributed by atoms with Crippen LogP contribution in [0, 0.1) is 0 Å². The third-order valence-corrected chi connectivity index (χ3v) is 7.09. The van der Waals surface area contributed by atoms with E-state index in [1.807, 2.05) is 30.3 Å². The molecule has 0 aliphatic carbocycles. The normalized spacial score (nSPS) is 22.0. The van der Waals surface area contributed by atoms with Crippen LogP contribution < -0.4 is 9.80 Å². The molecule has 3 aliphatic heterocycles. The van der Waals surface area contributed by atoms with Crippen LogP contribution >= 0.6 is 11.8 Å². The molecule has 3 heterocycles. The summed E-state index contributed by atoms with van der Waals surface area (Å²) in [6.45, 7) is 6.49. The van der Waals surface area contributed by atoms with Crippen molar-refractivity contribution >= 4 is 46.0 Å². The molecule has 1 amide bonds. The summed E-state index contributed by atoms with van der Waals surface area (Å²) in [7, 11) is 1.78. The van der Waals surface area contributed by atoms with E-state index in [1.54, 1.807) is 11.9 Å². The Bertz CT molecular complexity index is 1060. The quantitative estimate of drug-likeness (QED) is 0.645. The number of nitrogens with zero attached hydrogens (tertiary/aromatic N) is 4. The highest BCUT2D eigenvalue weighted by Gasteiger charge is 2.30. The number of anilines is 2. The van der Waals surface area contributed by atoms with Crippen LogP contribution in [-0.2, 0) is 14.3 Å². The molecule has 0 spiro atoms. The molecule has 172 valence electrons. The second-order valence-electron chi connectivity index (χ2n) is 8.14. The number of aliphatic imine (C=N–C) groups is 1. The van der Waals surface area contributed by atoms with Crippen molar-refractivity contribution in [3.8, 4) is 0 Å². The average molecular weight is 465 g/mol. The lowest BCUT2D eigenvalue weighted by atomic mass is 10.1. The Hall–Kier alpha value is -2.81. The Labute approximate surface area is 198 Å². The van der Waals surface area contributed by atoms with Gasteiger partial charge in [0.2, 0.25) is 0 Å². The van der Waals surface area contributed by atoms with Gasteiger partial charge in [0.15, 0.2) is 5.17 Å². The number of ether oxygens (including phenoxy) is 2. The third-order valence-electron chi connectivity index (χ3n) is 6.03. The summed E-state index contributed by atoms with van der Waals surface area (Å²) in [4.78, 5) is 24.7. The monoisotopic (exact) mass is 464 g/mol. The van der Waals surface area contributed by atoms with E-state index in [1.165, 1.54) is 17.4 Å². The predicted molar refractivity (Wildman–Crippen MR) is 134 cm³/mol. The van der Waals surface area contributed by atoms with Crippen LogP contribution in [0.1, 0.15) is 5.56 Å². The smallest absolute Gasteiger partial charge is 0.266 e. The van der Waals surface area contributed by atoms with E-state index >= 15 is 0 Å². The Morgan fingerprint density at radius 3 is 2.21 bits per heavy atom. The van der Waals surface area contributed by atoms with Gasteiger partial charge in [-0.25, -0.2) is 4.99 Å². The Kier molecular flexibility index (Phi) is 6.66. The number of carbonyl (C=O) groups is 1. The Balaban J connectivity index is 1.35. The van der Waals surface area contributed by atoms with Gasteiger partial charge in [-0.15, -0.1) is 0 Å². The molecule has 3 saturated heterocycles. The number of carbonyl (C=O) groups excluding carboxylic acids is 1. The lowest BCUT2D eigenvalue weighted by molar-refractivity contribution is -0.121. The van der Waals surface area contributed by atoms with E-state index < -0.39 is 0 Å². The van der Waals surface area contributed by atoms with E-state index in [9.17, 15) is 4.79 Å². The van der Waals surface area contributed by atoms with Gasteiger partial charge in [0.05, 0.1) is 37.0 Å². The fraction of sp³-hybridized carbons (Fsp3) is 0.360. The van der Waals surface area contributed by atoms with Gasteiger partial charge in [-0.3, -0.25) is 9.69 Å². The van der Waals surface area contributed by atoms with Gasteiger partial charge in [-0.1, -0.05) is 18.2 Å². The molecule has 2 aromatic rings. The fourth-order valence-corrected chi connectivity index (χ4v) is 5.14. The molecule has 8 heteroatoms. The SMILES string of the molecule is CN1C(=O)/C(=C\c2ccccc2N2CCOCC2)SC1=Nc1ccc(N2CCOCC2)cc1. The first-order valence-corrected chi connectivity index (χ1v) is 12.1. The first kappa shape index (κ1) is 22.0. The van der Waals surface area contributed by atoms with E-state index in [2.05, 4.69) is 34.1 Å². The minimum Gasteiger partial charge on any atom is -0.378 e. The second-order valence-corrected chi connectivity index (χ2v) is 9.15. The molecule has 0 atom stereocenters. The number of para-hydroxylation sites is 1. The van der Waals surface area contributed by atoms with E-state index in [4.69, 9.17) is 14.5 Å². The highest BCUT2D eigenvalue weighted by atomic mass is 32.2. The number of likely N-dealkylation sites (N-methyl/N-ethyl adjacent to an activating group) is 1. The molecule has 0 N–H and O–H groups in total. The second kappa shape index (κ2) is 9.99. The van der Waals surface area contributed by atoms with Crippen LogP contribution in [-0.4, -0.2) is 75.6 Å². The lowest BCUT2D eigenvalue weighted by Gasteiger charge is -2.30. The summed E-state index contributed by atoms with van der Waals surface area (Å²) in [6, 6.07) is 16.4. The van der Waals surface area contributed by atoms with Crippen LogP contribution in [0.4, 0.5) is 17.1 Å². The molecule has 33 heavy (non-hydrogen) atoms. The first-order valence-electron chi connectivity index (χ1n) is 11.3. The number of hydrogen-bond donors (Lipinski definition) is 0. The number of amides is 1. The van der Waals surface area contributed by atoms with Gasteiger partial charge in [0.1, 0.15) is 0 Å². The molecular weight excluding hydrogens is 436 g/mol. The molecular formula is C25H28N4O3S. The molecule has 5 rings (SSSR count). The zero-order chi connectivity index (χ0) is 22.6. The van der Waals surface area contributed by atoms with Gasteiger partial charge in [-0.05, 0) is 53.7 Å². The van der Waals surface area contributed by atoms with Crippen molar-refractivity contribution in [2.45, 2.75) is 0 Å². The number of amidine groups is 1. The zero-order valence-corrected chi connectivity index (χ0v) is 19.6. The van der Waals surface area contributed by atoms with Gasteiger partial charge in [0, 0.05) is 44.6 Å². The Morgan fingerprint density at radius 1 is 0.879 bits per heavy atom. The molecule has 3 aliphatic rings. The predicted octanol–water partition coefficient (Wildman–Crippen LogP) is 3.59. The molecule has 3 fully saturated rings. The van der Waals surface area contributed by atoms with Crippen molar-refractivity contribution in [3.05, 3.63) is 59.0 Å². The number of thioether (sulfide) groups is 1. The zero-order valence-electron chi connectivity index (χ0n) is 18.8. The van der Waals surface area contributed by atoms with Crippen LogP contribution in [0.25, 0.3) is 6.08 Å². The van der Waals surface area contributed by atoms with Crippen molar-refractivity contribution in [3.63, 3.8) is 0 Å². The summed E-state index contributed by atoms with van der Waals surface area (Å²) in [5.41, 5.74) is 4.18. The number of benzene rings is 2. The molecule has 0 saturated carbocycles. The lowest BCUT2D eigenvalue weighted by Crippen LogP contribution is -2.36. The minimum absolute atomic E-state index is 0.0273. The summed E-state index contributed by atoms with van der Waals surface area (Å²) in [6.07, 6.45) is 1.98. The Morgan fingerprint density at radius 2 is 1.52 bits per heavy atom. The van der Waals surface area contributed by atoms with Crippen molar-refractivity contribution in [1.82, 2.24) is 4.90 Å². The molecule has 0 bridgehead atoms. The van der Waals surface area contributed by atoms with Crippen LogP contribution in [0.5, 0.6) is 0 Å². The summed E-state index contributed by atoms with van der Waals surface area (Å²) >= 11 is 1.42. The number of hydrogen-bond acceptors (Lipinski definition) is 7. The van der Waals surface area contributed by atoms with Gasteiger partial charge < -0.3 is 19.3 Å². The van der Waals surface area contributed by atoms with E-state index in [0.29, 0.717) is 10.1 Å². The topological polar surface area (TPSA) is 57.6 Å². The standard InChI is InChI=1S/C25H28N4O3S/c1-27-24(30)23(18-19-4-2-3-5-22(19)29-12-16-32-17-13-29)33-25(27)26-20-6-8-21(9-7-20)28-10-14-31-15-11-28/h2-9,18H,10-17H2,1H3/b23-18+,26-25?. The third kappa shape index (κ3) is 4.93. The van der Waals surface area contributed by atoms with Crippen molar-refractivity contribution in [2.24, 2.45) is 4.99 Å². The molecule has 0 aromatic heterocycles. The maximum atomic E-state index is 13.0. The van der Waals surface area contributed by atoms with Gasteiger partial charge in [-0.2, -0.15) is 0 Å². The van der Waals surface area contributed by atoms with Crippen molar-refractivity contribution in [2.75, 3.05) is 69.5 Å². The average Bonchev–Trinajstić information content (AvgIpc) is 3.13. The van der Waals surface area contributed by atoms with Crippen LogP contribution in [0.15, 0.2) is 58.4 Å². The van der Waals surface area contributed by atoms with Crippen molar-refractivity contribution in [1.29, 1.82) is 0 Å². The highest BCUT2D eigenvalue weighted by Crippen LogP contribution is 2.35. The molecule has 2 aromatic carbocycles. The fourth-order valence-electron chi connectivity index (χ4n) is 4.16. The van der Waals surface area contributed by atoms with Gasteiger partial charge >= 0.3 is 0 Å². The highest BCUT2D eigenvalue weighted by molar-refractivity contribution is 8.18. The van der Waals surface area contributed by atoms with Gasteiger partial charge in [0.25, 0.3) is 5.91 Å². The molecule has 0 unspecified atom stereocenters. The molecule has 0 radical (unpaired) electrons. The first-order chi connectivity index (χ1) is 16.2. The van der Waals surface area contributed by atoms with Crippen LogP contribution in [0.3, 0.4) is 0 Å². The maximum absolute atomic E-state index is 13.0. The number of rotatable bonds is 4. The van der Waals surface area contributed by atoms with Crippen LogP contribution in [0.2, 0.25) is 0 Å². The van der Waals surface area contributed by atoms with E-state index in [-0.39, 0.29) is 5.91 Å². The number of morpholine rings is 2. The maximum Gasteiger partial charge on any atom is 0.266 e. The largest absolute Gasteiger partial charge is 0.378 e. The van der Waals surface area contributed by atoms with E-state index in [0.717, 1.165) is 69.5 Å². The minimum atomic E-state index is -0.0273. The molecule has 7 nitrogen and oxygen atoms in total. The summed E-state index contributed by atoms with van der Waals surface area (Å²) < 4.78 is 10.9. The summed E-state index contributed by atoms with van der Waals surface area (Å²) in [5, 5.41) is 0.689.